The number of aryl methyl sites for hydroxylation is 1. The molecule has 1 unspecified atom stereocenters. The summed E-state index contributed by atoms with van der Waals surface area (Å²) in [5.41, 5.74) is 3.45. The van der Waals surface area contributed by atoms with Gasteiger partial charge < -0.3 is 10.00 Å². The van der Waals surface area contributed by atoms with Gasteiger partial charge in [0.05, 0.1) is 12.1 Å². The van der Waals surface area contributed by atoms with E-state index in [9.17, 15) is 9.59 Å². The molecule has 1 aliphatic heterocycles. The standard InChI is InChI=1S/C22H23N5O2/c28-18(11-17-13-24-26-21(17)29)27-10-4-8-22(14-27)9-7-16-12-23-20(25-19(16)22)15-5-2-1-3-6-15/h1-3,5-6,12-13H,4,7-11,14H2,(H2,24,26,29). The van der Waals surface area contributed by atoms with Crippen LogP contribution in [0.1, 0.15) is 36.1 Å². The molecule has 2 N–H and O–H groups in total. The topological polar surface area (TPSA) is 94.7 Å². The van der Waals surface area contributed by atoms with Crippen LogP contribution in [0.3, 0.4) is 0 Å². The number of nitrogens with one attached hydrogen (secondary N) is 2. The monoisotopic (exact) mass is 389 g/mol. The van der Waals surface area contributed by atoms with Crippen molar-refractivity contribution in [3.05, 3.63) is 69.9 Å². The first-order chi connectivity index (χ1) is 14.1. The number of piperidine rings is 1. The second-order valence-corrected chi connectivity index (χ2v) is 8.08. The maximum absolute atomic E-state index is 12.9. The van der Waals surface area contributed by atoms with Crippen LogP contribution in [0.5, 0.6) is 0 Å². The van der Waals surface area contributed by atoms with Crippen molar-refractivity contribution in [2.75, 3.05) is 13.1 Å². The van der Waals surface area contributed by atoms with Crippen LogP contribution in [0.2, 0.25) is 0 Å². The number of fused-ring (bicyclic) bond motifs is 2. The van der Waals surface area contributed by atoms with Gasteiger partial charge in [-0.05, 0) is 31.2 Å². The average Bonchev–Trinajstić information content (AvgIpc) is 3.32. The summed E-state index contributed by atoms with van der Waals surface area (Å²) in [5.74, 6) is 0.743. The fraction of sp³-hybridized carbons (Fsp3) is 0.364. The molecule has 7 heteroatoms. The Morgan fingerprint density at radius 2 is 2.07 bits per heavy atom. The van der Waals surface area contributed by atoms with Gasteiger partial charge >= 0.3 is 0 Å². The molecule has 1 atom stereocenters. The van der Waals surface area contributed by atoms with Crippen LogP contribution in [0.4, 0.5) is 0 Å². The molecule has 148 valence electrons. The fourth-order valence-corrected chi connectivity index (χ4v) is 4.75. The Kier molecular flexibility index (Phi) is 4.30. The van der Waals surface area contributed by atoms with E-state index in [4.69, 9.17) is 4.98 Å². The number of carbonyl (C=O) groups excluding carboxylic acids is 1. The number of hydrogen-bond acceptors (Lipinski definition) is 4. The number of hydrogen-bond donors (Lipinski definition) is 2. The number of aromatic nitrogens is 4. The van der Waals surface area contributed by atoms with Gasteiger partial charge in [0, 0.05) is 42.0 Å². The molecular weight excluding hydrogens is 366 g/mol. The molecule has 0 bridgehead atoms. The van der Waals surface area contributed by atoms with Gasteiger partial charge in [-0.2, -0.15) is 0 Å². The van der Waals surface area contributed by atoms with Crippen LogP contribution in [0.25, 0.3) is 11.4 Å². The molecule has 3 heterocycles. The van der Waals surface area contributed by atoms with Crippen molar-refractivity contribution in [1.29, 1.82) is 0 Å². The van der Waals surface area contributed by atoms with Crippen LogP contribution in [0, 0.1) is 0 Å². The number of benzene rings is 1. The van der Waals surface area contributed by atoms with Gasteiger partial charge in [0.1, 0.15) is 0 Å². The van der Waals surface area contributed by atoms with E-state index < -0.39 is 0 Å². The zero-order chi connectivity index (χ0) is 19.8. The number of amides is 1. The zero-order valence-electron chi connectivity index (χ0n) is 16.1. The lowest BCUT2D eigenvalue weighted by molar-refractivity contribution is -0.132. The minimum atomic E-state index is -0.225. The molecule has 1 fully saturated rings. The van der Waals surface area contributed by atoms with E-state index >= 15 is 0 Å². The molecule has 29 heavy (non-hydrogen) atoms. The number of rotatable bonds is 3. The Labute approximate surface area is 168 Å². The Bertz CT molecular complexity index is 1100. The summed E-state index contributed by atoms with van der Waals surface area (Å²) in [6.45, 7) is 1.39. The Hall–Kier alpha value is -3.22. The first-order valence-electron chi connectivity index (χ1n) is 10.1. The molecule has 0 radical (unpaired) electrons. The van der Waals surface area contributed by atoms with E-state index in [2.05, 4.69) is 15.2 Å². The summed E-state index contributed by atoms with van der Waals surface area (Å²) in [7, 11) is 0. The lowest BCUT2D eigenvalue weighted by atomic mass is 9.77. The Morgan fingerprint density at radius 1 is 1.21 bits per heavy atom. The quantitative estimate of drug-likeness (QED) is 0.718. The maximum atomic E-state index is 12.9. The van der Waals surface area contributed by atoms with Crippen LogP contribution in [-0.4, -0.2) is 44.1 Å². The van der Waals surface area contributed by atoms with Gasteiger partial charge in [0.25, 0.3) is 5.56 Å². The lowest BCUT2D eigenvalue weighted by Gasteiger charge is -2.40. The van der Waals surface area contributed by atoms with Gasteiger partial charge in [-0.15, -0.1) is 0 Å². The van der Waals surface area contributed by atoms with E-state index in [0.29, 0.717) is 12.1 Å². The predicted octanol–water partition coefficient (Wildman–Crippen LogP) is 2.21. The second-order valence-electron chi connectivity index (χ2n) is 8.08. The van der Waals surface area contributed by atoms with Crippen molar-refractivity contribution >= 4 is 5.91 Å². The molecule has 2 aromatic heterocycles. The van der Waals surface area contributed by atoms with E-state index in [1.54, 1.807) is 6.20 Å². The third-order valence-electron chi connectivity index (χ3n) is 6.27. The molecule has 0 saturated carbocycles. The largest absolute Gasteiger partial charge is 0.341 e. The molecule has 7 nitrogen and oxygen atoms in total. The molecule has 1 aliphatic carbocycles. The summed E-state index contributed by atoms with van der Waals surface area (Å²) in [4.78, 5) is 36.1. The van der Waals surface area contributed by atoms with Gasteiger partial charge in [-0.3, -0.25) is 14.7 Å². The average molecular weight is 389 g/mol. The first kappa shape index (κ1) is 17.8. The van der Waals surface area contributed by atoms with Crippen molar-refractivity contribution in [3.8, 4) is 11.4 Å². The Balaban J connectivity index is 1.42. The normalized spacial score (nSPS) is 20.8. The minimum absolute atomic E-state index is 0.0000334. The molecule has 5 rings (SSSR count). The first-order valence-corrected chi connectivity index (χ1v) is 10.1. The molecule has 1 saturated heterocycles. The van der Waals surface area contributed by atoms with Crippen LogP contribution >= 0.6 is 0 Å². The zero-order valence-corrected chi connectivity index (χ0v) is 16.1. The van der Waals surface area contributed by atoms with Crippen LogP contribution in [-0.2, 0) is 23.1 Å². The van der Waals surface area contributed by atoms with Crippen molar-refractivity contribution in [1.82, 2.24) is 25.1 Å². The van der Waals surface area contributed by atoms with Gasteiger partial charge in [0.15, 0.2) is 5.82 Å². The van der Waals surface area contributed by atoms with Gasteiger partial charge in [-0.25, -0.2) is 9.97 Å². The number of likely N-dealkylation sites (tertiary alicyclic amines) is 1. The van der Waals surface area contributed by atoms with Crippen molar-refractivity contribution in [2.45, 2.75) is 37.5 Å². The second kappa shape index (κ2) is 6.99. The van der Waals surface area contributed by atoms with Crippen molar-refractivity contribution in [3.63, 3.8) is 0 Å². The van der Waals surface area contributed by atoms with E-state index in [0.717, 1.165) is 49.3 Å². The number of carbonyl (C=O) groups is 1. The summed E-state index contributed by atoms with van der Waals surface area (Å²) in [5, 5.41) is 5.16. The summed E-state index contributed by atoms with van der Waals surface area (Å²) >= 11 is 0. The number of nitrogens with zero attached hydrogens (tertiary/aromatic N) is 3. The van der Waals surface area contributed by atoms with E-state index in [1.165, 1.54) is 5.56 Å². The predicted molar refractivity (Wildman–Crippen MR) is 108 cm³/mol. The SMILES string of the molecule is O=C(Cc1c[nH][nH]c1=O)N1CCCC2(CCc3cnc(-c4ccccc4)nc32)C1. The maximum Gasteiger partial charge on any atom is 0.267 e. The summed E-state index contributed by atoms with van der Waals surface area (Å²) in [6.07, 6.45) is 7.57. The molecule has 1 aromatic carbocycles. The highest BCUT2D eigenvalue weighted by Crippen LogP contribution is 2.44. The lowest BCUT2D eigenvalue weighted by Crippen LogP contribution is -2.48. The minimum Gasteiger partial charge on any atom is -0.341 e. The summed E-state index contributed by atoms with van der Waals surface area (Å²) in [6, 6.07) is 10.0. The molecule has 1 spiro atoms. The highest BCUT2D eigenvalue weighted by atomic mass is 16.2. The highest BCUT2D eigenvalue weighted by Gasteiger charge is 2.44. The van der Waals surface area contributed by atoms with Crippen molar-refractivity contribution in [2.24, 2.45) is 0 Å². The number of aromatic amines is 2. The molecule has 3 aromatic rings. The molecule has 2 aliphatic rings. The van der Waals surface area contributed by atoms with Crippen molar-refractivity contribution < 1.29 is 4.79 Å². The smallest absolute Gasteiger partial charge is 0.267 e. The van der Waals surface area contributed by atoms with E-state index in [1.807, 2.05) is 41.4 Å². The number of H-pyrrole nitrogens is 2. The van der Waals surface area contributed by atoms with Crippen LogP contribution < -0.4 is 5.56 Å². The highest BCUT2D eigenvalue weighted by molar-refractivity contribution is 5.79. The molecular formula is C22H23N5O2. The van der Waals surface area contributed by atoms with Gasteiger partial charge in [0.2, 0.25) is 5.91 Å². The van der Waals surface area contributed by atoms with E-state index in [-0.39, 0.29) is 23.3 Å². The van der Waals surface area contributed by atoms with Gasteiger partial charge in [-0.1, -0.05) is 30.3 Å². The van der Waals surface area contributed by atoms with Crippen LogP contribution in [0.15, 0.2) is 47.5 Å². The third kappa shape index (κ3) is 3.16. The Morgan fingerprint density at radius 3 is 2.86 bits per heavy atom. The third-order valence-corrected chi connectivity index (χ3v) is 6.27. The summed E-state index contributed by atoms with van der Waals surface area (Å²) < 4.78 is 0. The fourth-order valence-electron chi connectivity index (χ4n) is 4.75. The molecule has 1 amide bonds.